The van der Waals surface area contributed by atoms with E-state index in [0.717, 1.165) is 36.0 Å². The molecule has 6 nitrogen and oxygen atoms in total. The lowest BCUT2D eigenvalue weighted by Gasteiger charge is -2.59. The predicted molar refractivity (Wildman–Crippen MR) is 115 cm³/mol. The molecular weight excluding hydrogens is 390 g/mol. The van der Waals surface area contributed by atoms with E-state index in [2.05, 4.69) is 18.2 Å². The van der Waals surface area contributed by atoms with Crippen LogP contribution in [0.3, 0.4) is 0 Å². The van der Waals surface area contributed by atoms with Gasteiger partial charge in [-0.15, -0.1) is 0 Å². The van der Waals surface area contributed by atoms with Crippen molar-refractivity contribution in [2.75, 3.05) is 19.7 Å². The summed E-state index contributed by atoms with van der Waals surface area (Å²) in [6, 6.07) is 17.5. The number of hydrogen-bond donors (Lipinski definition) is 1. The van der Waals surface area contributed by atoms with E-state index < -0.39 is 0 Å². The number of nitrogens with zero attached hydrogens (tertiary/aromatic N) is 3. The van der Waals surface area contributed by atoms with Crippen LogP contribution >= 0.6 is 0 Å². The molecule has 2 heterocycles. The number of amides is 2. The topological polar surface area (TPSA) is 84.6 Å². The average molecular weight is 415 g/mol. The summed E-state index contributed by atoms with van der Waals surface area (Å²) >= 11 is 0. The molecule has 1 saturated carbocycles. The van der Waals surface area contributed by atoms with Crippen molar-refractivity contribution in [3.63, 3.8) is 0 Å². The lowest BCUT2D eigenvalue weighted by Crippen LogP contribution is -2.73. The molecule has 3 atom stereocenters. The van der Waals surface area contributed by atoms with E-state index in [1.807, 2.05) is 24.3 Å². The molecule has 6 heteroatoms. The highest BCUT2D eigenvalue weighted by atomic mass is 16.3. The second kappa shape index (κ2) is 7.82. The van der Waals surface area contributed by atoms with Crippen molar-refractivity contribution in [2.45, 2.75) is 37.3 Å². The zero-order valence-electron chi connectivity index (χ0n) is 17.3. The van der Waals surface area contributed by atoms with Gasteiger partial charge in [0.05, 0.1) is 36.9 Å². The SMILES string of the molecule is N#Cc1ccc(-c2ccc([C@@H]3[C@@H](CO)N4C(=O)CN(C(=O)C5CCC5)C[C@H]34)cc2)cc1. The Morgan fingerprint density at radius 1 is 1.06 bits per heavy atom. The van der Waals surface area contributed by atoms with E-state index >= 15 is 0 Å². The van der Waals surface area contributed by atoms with Crippen molar-refractivity contribution < 1.29 is 14.7 Å². The largest absolute Gasteiger partial charge is 0.394 e. The molecule has 3 fully saturated rings. The minimum absolute atomic E-state index is 0.0148. The quantitative estimate of drug-likeness (QED) is 0.832. The summed E-state index contributed by atoms with van der Waals surface area (Å²) in [5.41, 5.74) is 3.78. The second-order valence-corrected chi connectivity index (χ2v) is 8.80. The van der Waals surface area contributed by atoms with Crippen LogP contribution in [0.15, 0.2) is 48.5 Å². The monoisotopic (exact) mass is 415 g/mol. The summed E-state index contributed by atoms with van der Waals surface area (Å²) in [5, 5.41) is 18.9. The number of piperazine rings is 1. The van der Waals surface area contributed by atoms with Crippen molar-refractivity contribution in [1.29, 1.82) is 5.26 Å². The molecule has 2 amide bonds. The molecule has 0 radical (unpaired) electrons. The predicted octanol–water partition coefficient (Wildman–Crippen LogP) is 2.52. The van der Waals surface area contributed by atoms with Crippen molar-refractivity contribution in [2.24, 2.45) is 5.92 Å². The number of nitriles is 1. The third-order valence-corrected chi connectivity index (χ3v) is 7.16. The van der Waals surface area contributed by atoms with Gasteiger partial charge in [0, 0.05) is 18.4 Å². The van der Waals surface area contributed by atoms with Gasteiger partial charge in [0.1, 0.15) is 0 Å². The molecule has 2 aromatic rings. The Hall–Kier alpha value is -3.17. The second-order valence-electron chi connectivity index (χ2n) is 8.80. The lowest BCUT2D eigenvalue weighted by molar-refractivity contribution is -0.169. The Morgan fingerprint density at radius 3 is 2.26 bits per heavy atom. The molecule has 1 aliphatic carbocycles. The van der Waals surface area contributed by atoms with Crippen LogP contribution in [0, 0.1) is 17.2 Å². The lowest BCUT2D eigenvalue weighted by atomic mass is 9.73. The first-order valence-electron chi connectivity index (χ1n) is 10.9. The summed E-state index contributed by atoms with van der Waals surface area (Å²) in [7, 11) is 0. The summed E-state index contributed by atoms with van der Waals surface area (Å²) in [4.78, 5) is 29.0. The smallest absolute Gasteiger partial charge is 0.242 e. The summed E-state index contributed by atoms with van der Waals surface area (Å²) in [5.74, 6) is 0.147. The van der Waals surface area contributed by atoms with Crippen LogP contribution in [-0.4, -0.2) is 58.5 Å². The van der Waals surface area contributed by atoms with Gasteiger partial charge in [-0.25, -0.2) is 0 Å². The van der Waals surface area contributed by atoms with E-state index in [0.29, 0.717) is 12.1 Å². The molecule has 2 aromatic carbocycles. The van der Waals surface area contributed by atoms with E-state index in [-0.39, 0.29) is 48.9 Å². The fraction of sp³-hybridized carbons (Fsp3) is 0.400. The van der Waals surface area contributed by atoms with Crippen molar-refractivity contribution >= 4 is 11.8 Å². The maximum absolute atomic E-state index is 12.7. The molecule has 3 aliphatic rings. The first-order chi connectivity index (χ1) is 15.1. The number of aliphatic hydroxyl groups excluding tert-OH is 1. The number of rotatable bonds is 4. The van der Waals surface area contributed by atoms with Crippen LogP contribution in [0.2, 0.25) is 0 Å². The zero-order chi connectivity index (χ0) is 21.5. The first-order valence-corrected chi connectivity index (χ1v) is 10.9. The van der Waals surface area contributed by atoms with Crippen LogP contribution in [0.1, 0.15) is 36.3 Å². The molecule has 31 heavy (non-hydrogen) atoms. The van der Waals surface area contributed by atoms with E-state index in [4.69, 9.17) is 5.26 Å². The maximum Gasteiger partial charge on any atom is 0.242 e. The van der Waals surface area contributed by atoms with Gasteiger partial charge < -0.3 is 14.9 Å². The molecule has 0 unspecified atom stereocenters. The van der Waals surface area contributed by atoms with Gasteiger partial charge in [0.25, 0.3) is 0 Å². The fourth-order valence-corrected chi connectivity index (χ4v) is 5.22. The Kier molecular flexibility index (Phi) is 4.99. The van der Waals surface area contributed by atoms with Gasteiger partial charge in [-0.05, 0) is 41.7 Å². The van der Waals surface area contributed by atoms with Crippen molar-refractivity contribution in [3.8, 4) is 17.2 Å². The van der Waals surface area contributed by atoms with E-state index in [1.54, 1.807) is 21.9 Å². The number of carbonyl (C=O) groups is 2. The summed E-state index contributed by atoms with van der Waals surface area (Å²) < 4.78 is 0. The number of hydrogen-bond acceptors (Lipinski definition) is 4. The number of fused-ring (bicyclic) bond motifs is 1. The normalized spacial score (nSPS) is 25.3. The van der Waals surface area contributed by atoms with Crippen LogP contribution < -0.4 is 0 Å². The molecule has 1 N–H and O–H groups in total. The molecule has 2 aliphatic heterocycles. The minimum Gasteiger partial charge on any atom is -0.394 e. The molecule has 5 rings (SSSR count). The highest BCUT2D eigenvalue weighted by Gasteiger charge is 2.54. The summed E-state index contributed by atoms with van der Waals surface area (Å²) in [6.45, 7) is 0.590. The molecule has 0 spiro atoms. The third-order valence-electron chi connectivity index (χ3n) is 7.16. The standard InChI is InChI=1S/C25H25N3O3/c26-12-16-4-6-17(7-5-16)18-8-10-19(11-9-18)24-21-13-27(25(31)20-2-1-3-20)14-23(30)28(21)22(24)15-29/h4-11,20-22,24,29H,1-3,13-15H2/t21-,22-,24+/m1/s1. The van der Waals surface area contributed by atoms with E-state index in [1.165, 1.54) is 0 Å². The van der Waals surface area contributed by atoms with Gasteiger partial charge in [-0.2, -0.15) is 5.26 Å². The molecule has 0 bridgehead atoms. The van der Waals surface area contributed by atoms with Crippen LogP contribution in [0.4, 0.5) is 0 Å². The number of benzene rings is 2. The van der Waals surface area contributed by atoms with Crippen molar-refractivity contribution in [1.82, 2.24) is 9.80 Å². The van der Waals surface area contributed by atoms with Gasteiger partial charge in [-0.1, -0.05) is 42.8 Å². The molecular formula is C25H25N3O3. The Labute approximate surface area is 181 Å². The summed E-state index contributed by atoms with van der Waals surface area (Å²) in [6.07, 6.45) is 2.95. The number of aliphatic hydroxyl groups is 1. The van der Waals surface area contributed by atoms with Crippen molar-refractivity contribution in [3.05, 3.63) is 59.7 Å². The number of carbonyl (C=O) groups excluding carboxylic acids is 2. The van der Waals surface area contributed by atoms with Crippen LogP contribution in [0.25, 0.3) is 11.1 Å². The highest BCUT2D eigenvalue weighted by molar-refractivity contribution is 5.89. The third kappa shape index (κ3) is 3.30. The first kappa shape index (κ1) is 19.8. The molecule has 158 valence electrons. The van der Waals surface area contributed by atoms with E-state index in [9.17, 15) is 14.7 Å². The van der Waals surface area contributed by atoms with Crippen LogP contribution in [-0.2, 0) is 9.59 Å². The highest BCUT2D eigenvalue weighted by Crippen LogP contribution is 2.44. The molecule has 2 saturated heterocycles. The molecule has 0 aromatic heterocycles. The van der Waals surface area contributed by atoms with Gasteiger partial charge >= 0.3 is 0 Å². The zero-order valence-corrected chi connectivity index (χ0v) is 17.3. The average Bonchev–Trinajstić information content (AvgIpc) is 2.74. The maximum atomic E-state index is 12.7. The Bertz CT molecular complexity index is 1040. The fourth-order valence-electron chi connectivity index (χ4n) is 5.22. The van der Waals surface area contributed by atoms with Crippen LogP contribution in [0.5, 0.6) is 0 Å². The van der Waals surface area contributed by atoms with Gasteiger partial charge in [0.2, 0.25) is 11.8 Å². The van der Waals surface area contributed by atoms with Gasteiger partial charge in [-0.3, -0.25) is 9.59 Å². The minimum atomic E-state index is -0.237. The Balaban J connectivity index is 1.36. The Morgan fingerprint density at radius 2 is 1.71 bits per heavy atom. The van der Waals surface area contributed by atoms with Gasteiger partial charge in [0.15, 0.2) is 0 Å².